The molecule has 3 N–H and O–H groups in total. The smallest absolute Gasteiger partial charge is 0.254 e. The number of hydrogen-bond donors (Lipinski definition) is 3. The summed E-state index contributed by atoms with van der Waals surface area (Å²) in [4.78, 5) is 30.1. The topological polar surface area (TPSA) is 85.8 Å². The normalized spacial score (nSPS) is 13.8. The van der Waals surface area contributed by atoms with E-state index in [2.05, 4.69) is 20.9 Å². The van der Waals surface area contributed by atoms with E-state index in [4.69, 9.17) is 0 Å². The zero-order valence-electron chi connectivity index (χ0n) is 18.3. The van der Waals surface area contributed by atoms with Crippen LogP contribution in [0.5, 0.6) is 0 Å². The van der Waals surface area contributed by atoms with Crippen LogP contribution in [0.25, 0.3) is 0 Å². The molecule has 0 unspecified atom stereocenters. The highest BCUT2D eigenvalue weighted by Gasteiger charge is 2.22. The lowest BCUT2D eigenvalue weighted by Gasteiger charge is -2.26. The molecule has 2 aromatic carbocycles. The van der Waals surface area contributed by atoms with Crippen LogP contribution < -0.4 is 16.0 Å². The molecule has 9 heteroatoms. The van der Waals surface area contributed by atoms with E-state index in [-0.39, 0.29) is 48.2 Å². The Kier molecular flexibility index (Phi) is 9.89. The van der Waals surface area contributed by atoms with E-state index in [0.29, 0.717) is 49.8 Å². The Balaban J connectivity index is 0.00000363. The van der Waals surface area contributed by atoms with Crippen LogP contribution >= 0.6 is 24.0 Å². The number of hydrogen-bond acceptors (Lipinski definition) is 3. The van der Waals surface area contributed by atoms with Gasteiger partial charge >= 0.3 is 0 Å². The molecule has 3 rings (SSSR count). The van der Waals surface area contributed by atoms with E-state index in [1.54, 1.807) is 30.0 Å². The first-order valence-electron chi connectivity index (χ1n) is 10.4. The quantitative estimate of drug-likeness (QED) is 0.292. The highest BCUT2D eigenvalue weighted by Crippen LogP contribution is 2.11. The first kappa shape index (κ1) is 25.6. The first-order chi connectivity index (χ1) is 15.0. The number of benzene rings is 2. The molecule has 0 atom stereocenters. The third-order valence-electron chi connectivity index (χ3n) is 4.99. The van der Waals surface area contributed by atoms with Crippen molar-refractivity contribution < 1.29 is 14.0 Å². The van der Waals surface area contributed by atoms with Gasteiger partial charge in [-0.3, -0.25) is 9.59 Å². The molecule has 32 heavy (non-hydrogen) atoms. The fourth-order valence-electron chi connectivity index (χ4n) is 3.19. The van der Waals surface area contributed by atoms with Gasteiger partial charge in [-0.15, -0.1) is 24.0 Å². The number of aryl methyl sites for hydroxylation is 1. The number of piperazine rings is 1. The summed E-state index contributed by atoms with van der Waals surface area (Å²) in [6.45, 7) is 6.38. The van der Waals surface area contributed by atoms with Gasteiger partial charge in [0.1, 0.15) is 5.82 Å². The van der Waals surface area contributed by atoms with Crippen molar-refractivity contribution in [2.45, 2.75) is 26.9 Å². The second-order valence-corrected chi connectivity index (χ2v) is 7.41. The lowest BCUT2D eigenvalue weighted by molar-refractivity contribution is -0.123. The second-order valence-electron chi connectivity index (χ2n) is 7.41. The van der Waals surface area contributed by atoms with Gasteiger partial charge in [0.2, 0.25) is 5.91 Å². The number of rotatable bonds is 6. The molecule has 0 spiro atoms. The van der Waals surface area contributed by atoms with E-state index >= 15 is 0 Å². The number of aliphatic imine (C=N–C) groups is 1. The van der Waals surface area contributed by atoms with Gasteiger partial charge in [-0.25, -0.2) is 9.38 Å². The summed E-state index contributed by atoms with van der Waals surface area (Å²) in [6, 6.07) is 12.4. The molecule has 2 amide bonds. The maximum absolute atomic E-state index is 13.7. The van der Waals surface area contributed by atoms with Crippen LogP contribution in [0.15, 0.2) is 47.5 Å². The average Bonchev–Trinajstić information content (AvgIpc) is 2.78. The summed E-state index contributed by atoms with van der Waals surface area (Å²) < 4.78 is 13.7. The van der Waals surface area contributed by atoms with Gasteiger partial charge in [-0.1, -0.05) is 24.3 Å². The number of carbonyl (C=O) groups is 2. The molecule has 172 valence electrons. The zero-order valence-corrected chi connectivity index (χ0v) is 20.6. The minimum absolute atomic E-state index is 0. The molecule has 1 fully saturated rings. The summed E-state index contributed by atoms with van der Waals surface area (Å²) in [6.07, 6.45) is 0. The van der Waals surface area contributed by atoms with Crippen molar-refractivity contribution in [3.8, 4) is 0 Å². The second kappa shape index (κ2) is 12.4. The highest BCUT2D eigenvalue weighted by atomic mass is 127. The lowest BCUT2D eigenvalue weighted by atomic mass is 10.1. The fraction of sp³-hybridized carbons (Fsp3) is 0.348. The molecule has 0 aromatic heterocycles. The van der Waals surface area contributed by atoms with Crippen LogP contribution in [0.3, 0.4) is 0 Å². The largest absolute Gasteiger partial charge is 0.357 e. The molecule has 0 aliphatic carbocycles. The van der Waals surface area contributed by atoms with Crippen molar-refractivity contribution in [3.05, 3.63) is 70.5 Å². The Morgan fingerprint density at radius 1 is 1.16 bits per heavy atom. The number of nitrogens with zero attached hydrogens (tertiary/aromatic N) is 2. The van der Waals surface area contributed by atoms with Crippen LogP contribution in [0, 0.1) is 12.7 Å². The Labute approximate surface area is 204 Å². The fourth-order valence-corrected chi connectivity index (χ4v) is 3.19. The number of guanidine groups is 1. The number of amides is 2. The molecular formula is C23H29FIN5O2. The van der Waals surface area contributed by atoms with Crippen molar-refractivity contribution in [1.82, 2.24) is 20.9 Å². The maximum atomic E-state index is 13.7. The Morgan fingerprint density at radius 2 is 1.88 bits per heavy atom. The number of carbonyl (C=O) groups excluding carboxylic acids is 2. The summed E-state index contributed by atoms with van der Waals surface area (Å²) in [7, 11) is 0. The molecule has 1 saturated heterocycles. The Morgan fingerprint density at radius 3 is 2.53 bits per heavy atom. The summed E-state index contributed by atoms with van der Waals surface area (Å²) in [5.74, 6) is 0.118. The SMILES string of the molecule is CCNC(=NCc1ccc(C)c(F)c1)NCc1ccc(C(=O)N2CCNC(=O)C2)cc1.I. The average molecular weight is 553 g/mol. The van der Waals surface area contributed by atoms with E-state index in [1.807, 2.05) is 25.1 Å². The highest BCUT2D eigenvalue weighted by molar-refractivity contribution is 14.0. The van der Waals surface area contributed by atoms with Gasteiger partial charge in [0.05, 0.1) is 13.1 Å². The van der Waals surface area contributed by atoms with E-state index < -0.39 is 0 Å². The molecule has 2 aromatic rings. The predicted octanol–water partition coefficient (Wildman–Crippen LogP) is 2.58. The van der Waals surface area contributed by atoms with Crippen molar-refractivity contribution >= 4 is 41.8 Å². The van der Waals surface area contributed by atoms with Gasteiger partial charge in [0.15, 0.2) is 5.96 Å². The van der Waals surface area contributed by atoms with Crippen LogP contribution in [0.4, 0.5) is 4.39 Å². The standard InChI is InChI=1S/C23H28FN5O2.HI/c1-3-25-23(28-14-18-5-4-16(2)20(24)12-18)27-13-17-6-8-19(9-7-17)22(31)29-11-10-26-21(30)15-29;/h4-9,12H,3,10-11,13-15H2,1-2H3,(H,26,30)(H2,25,27,28);1H. The third-order valence-corrected chi connectivity index (χ3v) is 4.99. The van der Waals surface area contributed by atoms with E-state index in [0.717, 1.165) is 11.1 Å². The minimum atomic E-state index is -0.231. The summed E-state index contributed by atoms with van der Waals surface area (Å²) >= 11 is 0. The maximum Gasteiger partial charge on any atom is 0.254 e. The van der Waals surface area contributed by atoms with Crippen LogP contribution in [0.1, 0.15) is 34.0 Å². The number of nitrogens with one attached hydrogen (secondary N) is 3. The Bertz CT molecular complexity index is 965. The van der Waals surface area contributed by atoms with Crippen molar-refractivity contribution in [2.75, 3.05) is 26.2 Å². The van der Waals surface area contributed by atoms with E-state index in [9.17, 15) is 14.0 Å². The predicted molar refractivity (Wildman–Crippen MR) is 134 cm³/mol. The van der Waals surface area contributed by atoms with Gasteiger partial charge in [0, 0.05) is 31.7 Å². The van der Waals surface area contributed by atoms with Crippen LogP contribution in [-0.2, 0) is 17.9 Å². The summed E-state index contributed by atoms with van der Waals surface area (Å²) in [5, 5.41) is 9.13. The molecule has 7 nitrogen and oxygen atoms in total. The molecule has 0 radical (unpaired) electrons. The van der Waals surface area contributed by atoms with Crippen LogP contribution in [-0.4, -0.2) is 48.9 Å². The van der Waals surface area contributed by atoms with Gasteiger partial charge < -0.3 is 20.9 Å². The van der Waals surface area contributed by atoms with Crippen molar-refractivity contribution in [1.29, 1.82) is 0 Å². The molecule has 0 bridgehead atoms. The zero-order chi connectivity index (χ0) is 22.2. The summed E-state index contributed by atoms with van der Waals surface area (Å²) in [5.41, 5.74) is 2.96. The minimum Gasteiger partial charge on any atom is -0.357 e. The molecule has 1 heterocycles. The molecular weight excluding hydrogens is 524 g/mol. The van der Waals surface area contributed by atoms with Gasteiger partial charge in [-0.05, 0) is 48.7 Å². The number of halogens is 2. The Hall–Kier alpha value is -2.69. The molecule has 1 aliphatic rings. The van der Waals surface area contributed by atoms with E-state index in [1.165, 1.54) is 6.07 Å². The van der Waals surface area contributed by atoms with Crippen molar-refractivity contribution in [3.63, 3.8) is 0 Å². The van der Waals surface area contributed by atoms with Gasteiger partial charge in [0.25, 0.3) is 5.91 Å². The lowest BCUT2D eigenvalue weighted by Crippen LogP contribution is -2.49. The van der Waals surface area contributed by atoms with Crippen molar-refractivity contribution in [2.24, 2.45) is 4.99 Å². The van der Waals surface area contributed by atoms with Gasteiger partial charge in [-0.2, -0.15) is 0 Å². The molecule has 1 aliphatic heterocycles. The van der Waals surface area contributed by atoms with Crippen LogP contribution in [0.2, 0.25) is 0 Å². The third kappa shape index (κ3) is 7.18. The first-order valence-corrected chi connectivity index (χ1v) is 10.4. The monoisotopic (exact) mass is 553 g/mol. The molecule has 0 saturated carbocycles.